The summed E-state index contributed by atoms with van der Waals surface area (Å²) in [5.74, 6) is 0.641. The summed E-state index contributed by atoms with van der Waals surface area (Å²) in [5, 5.41) is 7.54. The predicted molar refractivity (Wildman–Crippen MR) is 67.3 cm³/mol. The van der Waals surface area contributed by atoms with Crippen molar-refractivity contribution < 1.29 is 22.3 Å². The zero-order chi connectivity index (χ0) is 15.5. The quantitative estimate of drug-likeness (QED) is 0.850. The van der Waals surface area contributed by atoms with E-state index in [-0.39, 0.29) is 12.3 Å². The van der Waals surface area contributed by atoms with Gasteiger partial charge in [0.15, 0.2) is 0 Å². The van der Waals surface area contributed by atoms with E-state index in [2.05, 4.69) is 14.9 Å². The first-order chi connectivity index (χ1) is 9.83. The molecule has 0 saturated carbocycles. The van der Waals surface area contributed by atoms with Crippen molar-refractivity contribution >= 4 is 0 Å². The Bertz CT molecular complexity index is 598. The Morgan fingerprint density at radius 3 is 2.52 bits per heavy atom. The molecule has 8 heteroatoms. The largest absolute Gasteiger partial charge is 0.573 e. The normalized spacial score (nSPS) is 11.9. The van der Waals surface area contributed by atoms with Crippen LogP contribution >= 0.6 is 0 Å². The van der Waals surface area contributed by atoms with Gasteiger partial charge in [-0.3, -0.25) is 4.90 Å². The maximum Gasteiger partial charge on any atom is 0.573 e. The van der Waals surface area contributed by atoms with Gasteiger partial charge in [-0.15, -0.1) is 23.4 Å². The molecule has 1 heterocycles. The Morgan fingerprint density at radius 2 is 1.90 bits per heavy atom. The first kappa shape index (κ1) is 15.3. The Morgan fingerprint density at radius 1 is 1.19 bits per heavy atom. The molecule has 0 aliphatic rings. The summed E-state index contributed by atoms with van der Waals surface area (Å²) < 4.78 is 46.3. The summed E-state index contributed by atoms with van der Waals surface area (Å²) in [6, 6.07) is 6.01. The number of halogens is 3. The first-order valence-corrected chi connectivity index (χ1v) is 6.14. The SMILES string of the molecule is Cc1nnc(CN(C)Cc2ccccc2OC(F)(F)F)o1. The number of rotatable bonds is 5. The maximum atomic E-state index is 12.3. The molecule has 2 rings (SSSR count). The standard InChI is InChI=1S/C13H14F3N3O2/c1-9-17-18-12(20-9)8-19(2)7-10-5-3-4-6-11(10)21-13(14,15)16/h3-6H,7-8H2,1-2H3. The number of para-hydroxylation sites is 1. The zero-order valence-electron chi connectivity index (χ0n) is 11.5. The third-order valence-electron chi connectivity index (χ3n) is 2.61. The number of hydrogen-bond donors (Lipinski definition) is 0. The van der Waals surface area contributed by atoms with Crippen LogP contribution in [0.15, 0.2) is 28.7 Å². The van der Waals surface area contributed by atoms with Crippen LogP contribution in [0.25, 0.3) is 0 Å². The number of ether oxygens (including phenoxy) is 1. The molecule has 21 heavy (non-hydrogen) atoms. The fraction of sp³-hybridized carbons (Fsp3) is 0.385. The number of aromatic nitrogens is 2. The molecule has 0 bridgehead atoms. The number of aryl methyl sites for hydroxylation is 1. The lowest BCUT2D eigenvalue weighted by atomic mass is 10.2. The van der Waals surface area contributed by atoms with Gasteiger partial charge >= 0.3 is 6.36 Å². The zero-order valence-corrected chi connectivity index (χ0v) is 11.5. The minimum Gasteiger partial charge on any atom is -0.424 e. The number of alkyl halides is 3. The van der Waals surface area contributed by atoms with E-state index in [4.69, 9.17) is 4.42 Å². The molecule has 0 amide bonds. The molecule has 0 aliphatic carbocycles. The van der Waals surface area contributed by atoms with Crippen molar-refractivity contribution in [1.29, 1.82) is 0 Å². The summed E-state index contributed by atoms with van der Waals surface area (Å²) in [6.07, 6.45) is -4.71. The van der Waals surface area contributed by atoms with Crippen molar-refractivity contribution in [1.82, 2.24) is 15.1 Å². The van der Waals surface area contributed by atoms with Gasteiger partial charge in [0.2, 0.25) is 11.8 Å². The minimum absolute atomic E-state index is 0.210. The molecule has 2 aromatic rings. The van der Waals surface area contributed by atoms with E-state index in [1.54, 1.807) is 31.0 Å². The van der Waals surface area contributed by atoms with Crippen LogP contribution in [0.4, 0.5) is 13.2 Å². The molecule has 0 saturated heterocycles. The molecule has 0 fully saturated rings. The highest BCUT2D eigenvalue weighted by molar-refractivity contribution is 5.33. The van der Waals surface area contributed by atoms with E-state index < -0.39 is 6.36 Å². The van der Waals surface area contributed by atoms with Crippen LogP contribution < -0.4 is 4.74 Å². The second-order valence-electron chi connectivity index (χ2n) is 4.54. The van der Waals surface area contributed by atoms with Crippen molar-refractivity contribution in [2.24, 2.45) is 0 Å². The van der Waals surface area contributed by atoms with E-state index in [1.807, 2.05) is 0 Å². The van der Waals surface area contributed by atoms with Gasteiger partial charge in [-0.05, 0) is 13.1 Å². The molecule has 114 valence electrons. The molecule has 1 aromatic heterocycles. The molecule has 0 N–H and O–H groups in total. The van der Waals surface area contributed by atoms with Crippen LogP contribution in [0, 0.1) is 6.92 Å². The lowest BCUT2D eigenvalue weighted by Gasteiger charge is -2.18. The maximum absolute atomic E-state index is 12.3. The fourth-order valence-electron chi connectivity index (χ4n) is 1.84. The lowest BCUT2D eigenvalue weighted by molar-refractivity contribution is -0.275. The summed E-state index contributed by atoms with van der Waals surface area (Å²) >= 11 is 0. The Kier molecular flexibility index (Phi) is 4.46. The van der Waals surface area contributed by atoms with E-state index in [0.29, 0.717) is 23.9 Å². The summed E-state index contributed by atoms with van der Waals surface area (Å²) in [6.45, 7) is 2.26. The molecular weight excluding hydrogens is 287 g/mol. The Labute approximate surface area is 119 Å². The minimum atomic E-state index is -4.71. The molecular formula is C13H14F3N3O2. The second-order valence-corrected chi connectivity index (χ2v) is 4.54. The molecule has 0 spiro atoms. The van der Waals surface area contributed by atoms with Gasteiger partial charge in [-0.2, -0.15) is 0 Å². The van der Waals surface area contributed by atoms with Crippen molar-refractivity contribution in [3.8, 4) is 5.75 Å². The van der Waals surface area contributed by atoms with Gasteiger partial charge < -0.3 is 9.15 Å². The van der Waals surface area contributed by atoms with E-state index in [1.165, 1.54) is 12.1 Å². The lowest BCUT2D eigenvalue weighted by Crippen LogP contribution is -2.21. The van der Waals surface area contributed by atoms with Crippen LogP contribution in [0.3, 0.4) is 0 Å². The highest BCUT2D eigenvalue weighted by Gasteiger charge is 2.32. The number of nitrogens with zero attached hydrogens (tertiary/aromatic N) is 3. The van der Waals surface area contributed by atoms with Gasteiger partial charge in [0, 0.05) is 19.0 Å². The van der Waals surface area contributed by atoms with Crippen molar-refractivity contribution in [3.63, 3.8) is 0 Å². The van der Waals surface area contributed by atoms with Crippen LogP contribution in [-0.4, -0.2) is 28.5 Å². The molecule has 5 nitrogen and oxygen atoms in total. The molecule has 0 radical (unpaired) electrons. The first-order valence-electron chi connectivity index (χ1n) is 6.14. The van der Waals surface area contributed by atoms with Crippen molar-refractivity contribution in [2.75, 3.05) is 7.05 Å². The molecule has 0 aliphatic heterocycles. The second kappa shape index (κ2) is 6.13. The Hall–Kier alpha value is -2.09. The van der Waals surface area contributed by atoms with Crippen LogP contribution in [-0.2, 0) is 13.1 Å². The highest BCUT2D eigenvalue weighted by Crippen LogP contribution is 2.27. The van der Waals surface area contributed by atoms with Crippen LogP contribution in [0.2, 0.25) is 0 Å². The van der Waals surface area contributed by atoms with Gasteiger partial charge in [0.05, 0.1) is 6.54 Å². The number of hydrogen-bond acceptors (Lipinski definition) is 5. The molecule has 1 aromatic carbocycles. The smallest absolute Gasteiger partial charge is 0.424 e. The topological polar surface area (TPSA) is 51.4 Å². The third-order valence-corrected chi connectivity index (χ3v) is 2.61. The highest BCUT2D eigenvalue weighted by atomic mass is 19.4. The molecule has 0 unspecified atom stereocenters. The van der Waals surface area contributed by atoms with Crippen molar-refractivity contribution in [3.05, 3.63) is 41.6 Å². The monoisotopic (exact) mass is 301 g/mol. The van der Waals surface area contributed by atoms with Crippen LogP contribution in [0.1, 0.15) is 17.3 Å². The van der Waals surface area contributed by atoms with Gasteiger partial charge in [0.1, 0.15) is 5.75 Å². The van der Waals surface area contributed by atoms with E-state index in [0.717, 1.165) is 0 Å². The van der Waals surface area contributed by atoms with E-state index in [9.17, 15) is 13.2 Å². The van der Waals surface area contributed by atoms with Gasteiger partial charge in [-0.1, -0.05) is 18.2 Å². The molecule has 0 atom stereocenters. The fourth-order valence-corrected chi connectivity index (χ4v) is 1.84. The summed E-state index contributed by atoms with van der Waals surface area (Å²) in [7, 11) is 1.74. The predicted octanol–water partition coefficient (Wildman–Crippen LogP) is 2.91. The summed E-state index contributed by atoms with van der Waals surface area (Å²) in [5.41, 5.74) is 0.425. The van der Waals surface area contributed by atoms with Gasteiger partial charge in [0.25, 0.3) is 0 Å². The van der Waals surface area contributed by atoms with E-state index >= 15 is 0 Å². The average Bonchev–Trinajstić information content (AvgIpc) is 2.75. The van der Waals surface area contributed by atoms with Gasteiger partial charge in [-0.25, -0.2) is 0 Å². The average molecular weight is 301 g/mol. The number of benzene rings is 1. The third kappa shape index (κ3) is 4.75. The summed E-state index contributed by atoms with van der Waals surface area (Å²) in [4.78, 5) is 1.76. The van der Waals surface area contributed by atoms with Crippen molar-refractivity contribution in [2.45, 2.75) is 26.4 Å². The Balaban J connectivity index is 2.05. The van der Waals surface area contributed by atoms with Crippen LogP contribution in [0.5, 0.6) is 5.75 Å².